The molecule has 6 heavy (non-hydrogen) atoms. The third-order valence-corrected chi connectivity index (χ3v) is 0. The average molecular weight is 300 g/mol. The van der Waals surface area contributed by atoms with Crippen LogP contribution in [0.25, 0.3) is 0 Å². The van der Waals surface area contributed by atoms with Crippen molar-refractivity contribution in [2.45, 2.75) is 0 Å². The fraction of sp³-hybridized carbons (Fsp3) is 0. The summed E-state index contributed by atoms with van der Waals surface area (Å²) >= 11 is 0. The van der Waals surface area contributed by atoms with Crippen LogP contribution >= 0.6 is 0 Å². The molecule has 4 nitrogen and oxygen atoms in total. The summed E-state index contributed by atoms with van der Waals surface area (Å²) in [6.45, 7) is 0. The normalized spacial score (nSPS) is 4.00. The molecule has 0 saturated heterocycles. The summed E-state index contributed by atoms with van der Waals surface area (Å²) in [5.41, 5.74) is 0. The Morgan fingerprint density at radius 2 is 1.50 bits per heavy atom. The van der Waals surface area contributed by atoms with Crippen molar-refractivity contribution in [3.8, 4) is 0 Å². The Bertz CT molecular complexity index is 40.3. The predicted molar refractivity (Wildman–Crippen MR) is 28.3 cm³/mol. The molecule has 0 aliphatic heterocycles. The first-order valence-electron chi connectivity index (χ1n) is 0.548. The number of nitrogens with zero attached hydrogens (tertiary/aromatic N) is 1. The van der Waals surface area contributed by atoms with Gasteiger partial charge in [0.1, 0.15) is 0 Å². The van der Waals surface area contributed by atoms with Crippen LogP contribution in [0.15, 0.2) is 0 Å². The van der Waals surface area contributed by atoms with E-state index in [2.05, 4.69) is 0 Å². The zero-order valence-electron chi connectivity index (χ0n) is 5.09. The molecule has 0 saturated carbocycles. The molecule has 0 rings (SSSR count). The van der Waals surface area contributed by atoms with Gasteiger partial charge in [0, 0.05) is 0 Å². The third kappa shape index (κ3) is 99.6. The van der Waals surface area contributed by atoms with E-state index in [1.54, 1.807) is 0 Å². The maximum absolute atomic E-state index is 8.25. The molecule has 0 bridgehead atoms. The van der Waals surface area contributed by atoms with Crippen LogP contribution in [-0.4, -0.2) is 54.3 Å². The second-order valence-corrected chi connectivity index (χ2v) is 0.224. The summed E-state index contributed by atoms with van der Waals surface area (Å²) in [5.74, 6) is 0. The van der Waals surface area contributed by atoms with Crippen LogP contribution in [0.2, 0.25) is 0 Å². The summed E-state index contributed by atoms with van der Waals surface area (Å²) in [7, 11) is 0. The van der Waals surface area contributed by atoms with Crippen molar-refractivity contribution in [2.75, 3.05) is 0 Å². The molecule has 0 N–H and O–H groups in total. The van der Waals surface area contributed by atoms with Gasteiger partial charge in [-0.1, -0.05) is 0 Å². The molecule has 0 unspecified atom stereocenters. The zero-order valence-corrected chi connectivity index (χ0v) is 10.00. The topological polar surface area (TPSA) is 66.2 Å². The maximum atomic E-state index is 8.25. The average Bonchev–Trinajstić information content (AvgIpc) is 0.811. The van der Waals surface area contributed by atoms with Gasteiger partial charge in [-0.05, 0) is 0 Å². The van der Waals surface area contributed by atoms with Crippen molar-refractivity contribution in [3.05, 3.63) is 15.3 Å². The Balaban J connectivity index is -0.00000000750. The summed E-state index contributed by atoms with van der Waals surface area (Å²) in [5, 5.41) is 14.8. The van der Waals surface area contributed by atoms with Crippen molar-refractivity contribution >= 4 is 49.3 Å². The van der Waals surface area contributed by atoms with E-state index in [0.717, 1.165) is 0 Å². The quantitative estimate of drug-likeness (QED) is 0.308. The fourth-order valence-corrected chi connectivity index (χ4v) is 0. The first kappa shape index (κ1) is 15.8. The molecule has 0 aliphatic rings. The minimum atomic E-state index is -1.75. The van der Waals surface area contributed by atoms with Crippen LogP contribution < -0.4 is 0 Å². The van der Waals surface area contributed by atoms with E-state index in [9.17, 15) is 0 Å². The fourth-order valence-electron chi connectivity index (χ4n) is 0. The van der Waals surface area contributed by atoms with Crippen LogP contribution in [0.3, 0.4) is 0 Å². The van der Waals surface area contributed by atoms with Crippen molar-refractivity contribution in [3.63, 3.8) is 0 Å². The Morgan fingerprint density at radius 1 is 1.50 bits per heavy atom. The van der Waals surface area contributed by atoms with Crippen LogP contribution in [0, 0.1) is 15.3 Å². The molecule has 0 atom stereocenters. The minimum Gasteiger partial charge on any atom is -1.00 e. The van der Waals surface area contributed by atoms with E-state index in [4.69, 9.17) is 15.3 Å². The van der Waals surface area contributed by atoms with E-state index >= 15 is 0 Å². The van der Waals surface area contributed by atoms with Gasteiger partial charge in [-0.15, -0.1) is 0 Å². The SMILES string of the molecule is O=[N+]([O-])[O-].[BiH3].[H-].[H-].[Mg+2]. The molecule has 0 aromatic heterocycles. The van der Waals surface area contributed by atoms with Crippen molar-refractivity contribution < 1.29 is 7.94 Å². The molecule has 6 heteroatoms. The van der Waals surface area contributed by atoms with Crippen LogP contribution in [0.1, 0.15) is 2.85 Å². The van der Waals surface area contributed by atoms with Crippen molar-refractivity contribution in [1.82, 2.24) is 0 Å². The summed E-state index contributed by atoms with van der Waals surface area (Å²) in [4.78, 5) is 8.25. The van der Waals surface area contributed by atoms with Crippen LogP contribution in [-0.2, 0) is 0 Å². The van der Waals surface area contributed by atoms with E-state index in [1.807, 2.05) is 0 Å². The zero-order chi connectivity index (χ0) is 3.58. The van der Waals surface area contributed by atoms with E-state index in [1.165, 1.54) is 0 Å². The van der Waals surface area contributed by atoms with Gasteiger partial charge < -0.3 is 18.2 Å². The largest absolute Gasteiger partial charge is 2.00 e. The van der Waals surface area contributed by atoms with Crippen LogP contribution in [0.5, 0.6) is 0 Å². The molecule has 0 aliphatic carbocycles. The number of hydrogen-bond acceptors (Lipinski definition) is 3. The molecule has 36 valence electrons. The molecule has 0 amide bonds. The van der Waals surface area contributed by atoms with E-state index < -0.39 is 5.09 Å². The minimum absolute atomic E-state index is 0. The van der Waals surface area contributed by atoms with Gasteiger partial charge >= 0.3 is 49.3 Å². The Hall–Kier alpha value is 0.849. The second kappa shape index (κ2) is 9.28. The summed E-state index contributed by atoms with van der Waals surface area (Å²) in [6, 6.07) is 0. The monoisotopic (exact) mass is 300 g/mol. The van der Waals surface area contributed by atoms with Crippen molar-refractivity contribution in [2.24, 2.45) is 0 Å². The smallest absolute Gasteiger partial charge is 1.00 e. The molecular weight excluding hydrogens is 295 g/mol. The summed E-state index contributed by atoms with van der Waals surface area (Å²) in [6.07, 6.45) is 0. The second-order valence-electron chi connectivity index (χ2n) is 0.224. The molecule has 0 radical (unpaired) electrons. The van der Waals surface area contributed by atoms with Gasteiger partial charge in [0.2, 0.25) is 0 Å². The van der Waals surface area contributed by atoms with Gasteiger partial charge in [0.25, 0.3) is 0 Å². The van der Waals surface area contributed by atoms with E-state index in [-0.39, 0.29) is 52.1 Å². The van der Waals surface area contributed by atoms with Gasteiger partial charge in [0.05, 0.1) is 5.09 Å². The molecule has 0 aromatic carbocycles. The Morgan fingerprint density at radius 3 is 1.50 bits per heavy atom. The molecule has 0 fully saturated rings. The standard InChI is InChI=1S/Bi.Mg.NO3.5H/c;;2-1(3)4;;;;;/q;+2;-1;;;;2*-1. The first-order valence-corrected chi connectivity index (χ1v) is 0.548. The Labute approximate surface area is 72.3 Å². The van der Waals surface area contributed by atoms with Gasteiger partial charge in [-0.25, -0.2) is 0 Å². The molecular formula is H5BiMgNO3-. The third-order valence-electron chi connectivity index (χ3n) is 0. The molecule has 0 heterocycles. The van der Waals surface area contributed by atoms with Gasteiger partial charge in [-0.3, -0.25) is 0 Å². The van der Waals surface area contributed by atoms with E-state index in [0.29, 0.717) is 0 Å². The number of hydrogen-bond donors (Lipinski definition) is 0. The first-order chi connectivity index (χ1) is 1.73. The predicted octanol–water partition coefficient (Wildman–Crippen LogP) is -1.58. The summed E-state index contributed by atoms with van der Waals surface area (Å²) < 4.78 is 0. The van der Waals surface area contributed by atoms with Crippen molar-refractivity contribution in [1.29, 1.82) is 0 Å². The molecule has 0 spiro atoms. The van der Waals surface area contributed by atoms with Gasteiger partial charge in [0.15, 0.2) is 0 Å². The van der Waals surface area contributed by atoms with Crippen LogP contribution in [0.4, 0.5) is 0 Å². The molecule has 0 aromatic rings. The number of rotatable bonds is 0. The maximum Gasteiger partial charge on any atom is 2.00 e. The van der Waals surface area contributed by atoms with Gasteiger partial charge in [-0.2, -0.15) is 0 Å². The Kier molecular flexibility index (Phi) is 24.5.